The zero-order valence-corrected chi connectivity index (χ0v) is 13.5. The van der Waals surface area contributed by atoms with Crippen LogP contribution < -0.4 is 16.4 Å². The Morgan fingerprint density at radius 1 is 1.28 bits per heavy atom. The maximum Gasteiger partial charge on any atom is 0.405 e. The molecular formula is C14H12F4N4O2S. The van der Waals surface area contributed by atoms with E-state index in [0.717, 1.165) is 23.5 Å². The largest absolute Gasteiger partial charge is 0.405 e. The predicted molar refractivity (Wildman–Crippen MR) is 84.0 cm³/mol. The lowest BCUT2D eigenvalue weighted by Gasteiger charge is -2.12. The second-order valence-electron chi connectivity index (χ2n) is 4.96. The number of nitrogen functional groups attached to an aromatic ring is 1. The van der Waals surface area contributed by atoms with Crippen LogP contribution in [-0.2, 0) is 0 Å². The maximum absolute atomic E-state index is 13.9. The van der Waals surface area contributed by atoms with Crippen LogP contribution in [0.3, 0.4) is 0 Å². The summed E-state index contributed by atoms with van der Waals surface area (Å²) >= 11 is 0.922. The van der Waals surface area contributed by atoms with E-state index in [2.05, 4.69) is 10.3 Å². The molecule has 0 saturated heterocycles. The molecule has 2 aromatic rings. The van der Waals surface area contributed by atoms with Crippen LogP contribution in [0.5, 0.6) is 0 Å². The van der Waals surface area contributed by atoms with Gasteiger partial charge in [-0.2, -0.15) is 13.2 Å². The van der Waals surface area contributed by atoms with Crippen LogP contribution in [0.2, 0.25) is 0 Å². The molecule has 4 N–H and O–H groups in total. The minimum absolute atomic E-state index is 0.0792. The van der Waals surface area contributed by atoms with E-state index in [0.29, 0.717) is 0 Å². The van der Waals surface area contributed by atoms with E-state index in [1.54, 1.807) is 5.32 Å². The molecule has 0 unspecified atom stereocenters. The average Bonchev–Trinajstić information content (AvgIpc) is 2.93. The highest BCUT2D eigenvalue weighted by Gasteiger charge is 2.28. The average molecular weight is 376 g/mol. The van der Waals surface area contributed by atoms with Crippen molar-refractivity contribution < 1.29 is 27.2 Å². The molecule has 0 aliphatic carbocycles. The summed E-state index contributed by atoms with van der Waals surface area (Å²) in [6.45, 7) is -0.127. The van der Waals surface area contributed by atoms with Crippen molar-refractivity contribution in [2.45, 2.75) is 13.1 Å². The van der Waals surface area contributed by atoms with Gasteiger partial charge < -0.3 is 16.4 Å². The molecule has 11 heteroatoms. The van der Waals surface area contributed by atoms with Gasteiger partial charge in [-0.05, 0) is 24.6 Å². The van der Waals surface area contributed by atoms with Crippen LogP contribution in [0.1, 0.15) is 25.6 Å². The van der Waals surface area contributed by atoms with Crippen LogP contribution in [0.4, 0.5) is 28.4 Å². The van der Waals surface area contributed by atoms with Gasteiger partial charge >= 0.3 is 6.18 Å². The number of hydrogen-bond acceptors (Lipinski definition) is 5. The number of nitrogens with one attached hydrogen (secondary N) is 2. The number of anilines is 2. The summed E-state index contributed by atoms with van der Waals surface area (Å²) in [5, 5.41) is 4.19. The molecule has 0 spiro atoms. The minimum atomic E-state index is -4.63. The van der Waals surface area contributed by atoms with Crippen molar-refractivity contribution in [1.29, 1.82) is 0 Å². The molecule has 0 saturated carbocycles. The number of carbonyl (C=O) groups excluding carboxylic acids is 2. The van der Waals surface area contributed by atoms with E-state index in [-0.39, 0.29) is 21.3 Å². The minimum Gasteiger partial charge on any atom is -0.375 e. The molecule has 6 nitrogen and oxygen atoms in total. The molecule has 0 aliphatic rings. The summed E-state index contributed by atoms with van der Waals surface area (Å²) < 4.78 is 50.4. The molecule has 2 rings (SSSR count). The predicted octanol–water partition coefficient (Wildman–Crippen LogP) is 2.72. The Morgan fingerprint density at radius 3 is 2.52 bits per heavy atom. The Bertz CT molecular complexity index is 820. The summed E-state index contributed by atoms with van der Waals surface area (Å²) in [6.07, 6.45) is -3.38. The number of halogens is 4. The number of alkyl halides is 3. The zero-order chi connectivity index (χ0) is 18.8. The standard InChI is InChI=1S/C14H12F4N4O2S/c1-6-2-8(15)7(11(23)21-5-14(16,17)18)3-9(6)22-12(24)10-4-20-13(19)25-10/h2-4H,5H2,1H3,(H2,19,20)(H,21,23)(H,22,24). The van der Waals surface area contributed by atoms with Gasteiger partial charge in [0.05, 0.1) is 11.8 Å². The van der Waals surface area contributed by atoms with Gasteiger partial charge in [0.1, 0.15) is 17.2 Å². The molecule has 1 aromatic heterocycles. The molecule has 1 heterocycles. The second-order valence-corrected chi connectivity index (χ2v) is 6.02. The second kappa shape index (κ2) is 7.05. The van der Waals surface area contributed by atoms with Gasteiger partial charge in [-0.1, -0.05) is 11.3 Å². The molecule has 0 fully saturated rings. The molecule has 134 valence electrons. The van der Waals surface area contributed by atoms with E-state index in [4.69, 9.17) is 5.73 Å². The van der Waals surface area contributed by atoms with Gasteiger partial charge in [0.2, 0.25) is 0 Å². The molecule has 0 bridgehead atoms. The lowest BCUT2D eigenvalue weighted by atomic mass is 10.1. The molecule has 1 aromatic carbocycles. The number of aryl methyl sites for hydroxylation is 1. The molecule has 0 atom stereocenters. The molecule has 0 radical (unpaired) electrons. The van der Waals surface area contributed by atoms with Crippen molar-refractivity contribution in [1.82, 2.24) is 10.3 Å². The first kappa shape index (κ1) is 18.6. The van der Waals surface area contributed by atoms with Crippen molar-refractivity contribution in [3.8, 4) is 0 Å². The van der Waals surface area contributed by atoms with Gasteiger partial charge in [-0.25, -0.2) is 9.37 Å². The van der Waals surface area contributed by atoms with E-state index in [9.17, 15) is 27.2 Å². The number of nitrogens with zero attached hydrogens (tertiary/aromatic N) is 1. The number of benzene rings is 1. The first-order valence-electron chi connectivity index (χ1n) is 6.74. The van der Waals surface area contributed by atoms with E-state index < -0.39 is 35.9 Å². The lowest BCUT2D eigenvalue weighted by Crippen LogP contribution is -2.34. The highest BCUT2D eigenvalue weighted by Crippen LogP contribution is 2.23. The Morgan fingerprint density at radius 2 is 1.96 bits per heavy atom. The fraction of sp³-hybridized carbons (Fsp3) is 0.214. The van der Waals surface area contributed by atoms with Gasteiger partial charge in [-0.15, -0.1) is 0 Å². The number of hydrogen-bond donors (Lipinski definition) is 3. The van der Waals surface area contributed by atoms with Crippen molar-refractivity contribution in [3.63, 3.8) is 0 Å². The topological polar surface area (TPSA) is 97.1 Å². The van der Waals surface area contributed by atoms with Crippen molar-refractivity contribution in [2.75, 3.05) is 17.6 Å². The summed E-state index contributed by atoms with van der Waals surface area (Å²) in [5.74, 6) is -2.84. The Labute approximate surface area is 143 Å². The van der Waals surface area contributed by atoms with Crippen LogP contribution in [0.15, 0.2) is 18.3 Å². The van der Waals surface area contributed by atoms with E-state index >= 15 is 0 Å². The summed E-state index contributed by atoms with van der Waals surface area (Å²) in [6, 6.07) is 1.91. The van der Waals surface area contributed by atoms with Crippen molar-refractivity contribution >= 4 is 34.0 Å². The number of nitrogens with two attached hydrogens (primary N) is 1. The Kier molecular flexibility index (Phi) is 5.26. The van der Waals surface area contributed by atoms with Crippen molar-refractivity contribution in [3.05, 3.63) is 40.2 Å². The van der Waals surface area contributed by atoms with Crippen LogP contribution in [0, 0.1) is 12.7 Å². The number of rotatable bonds is 4. The Hall–Kier alpha value is -2.69. The highest BCUT2D eigenvalue weighted by molar-refractivity contribution is 7.17. The van der Waals surface area contributed by atoms with Gasteiger partial charge in [0.25, 0.3) is 11.8 Å². The molecular weight excluding hydrogens is 364 g/mol. The summed E-state index contributed by atoms with van der Waals surface area (Å²) in [4.78, 5) is 27.7. The third-order valence-corrected chi connectivity index (χ3v) is 3.83. The quantitative estimate of drug-likeness (QED) is 0.715. The van der Waals surface area contributed by atoms with E-state index in [1.807, 2.05) is 0 Å². The van der Waals surface area contributed by atoms with Crippen LogP contribution in [-0.4, -0.2) is 29.5 Å². The van der Waals surface area contributed by atoms with Crippen LogP contribution >= 0.6 is 11.3 Å². The van der Waals surface area contributed by atoms with Crippen LogP contribution in [0.25, 0.3) is 0 Å². The SMILES string of the molecule is Cc1cc(F)c(C(=O)NCC(F)(F)F)cc1NC(=O)c1cnc(N)s1. The van der Waals surface area contributed by atoms with Crippen molar-refractivity contribution in [2.24, 2.45) is 0 Å². The third kappa shape index (κ3) is 4.89. The Balaban J connectivity index is 2.22. The summed E-state index contributed by atoms with van der Waals surface area (Å²) in [5.41, 5.74) is 5.18. The highest BCUT2D eigenvalue weighted by atomic mass is 32.1. The molecule has 2 amide bonds. The smallest absolute Gasteiger partial charge is 0.375 e. The normalized spacial score (nSPS) is 11.2. The fourth-order valence-electron chi connectivity index (χ4n) is 1.83. The number of thiazole rings is 1. The monoisotopic (exact) mass is 376 g/mol. The lowest BCUT2D eigenvalue weighted by molar-refractivity contribution is -0.123. The molecule has 0 aliphatic heterocycles. The van der Waals surface area contributed by atoms with Gasteiger partial charge in [-0.3, -0.25) is 9.59 Å². The van der Waals surface area contributed by atoms with Gasteiger partial charge in [0, 0.05) is 5.69 Å². The third-order valence-electron chi connectivity index (χ3n) is 3.00. The zero-order valence-electron chi connectivity index (χ0n) is 12.7. The van der Waals surface area contributed by atoms with Gasteiger partial charge in [0.15, 0.2) is 5.13 Å². The fourth-order valence-corrected chi connectivity index (χ4v) is 2.41. The first-order chi connectivity index (χ1) is 11.6. The van der Waals surface area contributed by atoms with E-state index in [1.165, 1.54) is 13.1 Å². The molecule has 25 heavy (non-hydrogen) atoms. The number of carbonyl (C=O) groups is 2. The number of amides is 2. The maximum atomic E-state index is 13.9. The number of aromatic nitrogens is 1. The first-order valence-corrected chi connectivity index (χ1v) is 7.56. The summed E-state index contributed by atoms with van der Waals surface area (Å²) in [7, 11) is 0.